The van der Waals surface area contributed by atoms with Crippen molar-refractivity contribution in [2.24, 2.45) is 5.41 Å². The number of hydrogen-bond donors (Lipinski definition) is 1. The third-order valence-corrected chi connectivity index (χ3v) is 9.17. The van der Waals surface area contributed by atoms with Crippen molar-refractivity contribution in [3.63, 3.8) is 0 Å². The number of hydrogen-bond acceptors (Lipinski definition) is 8. The van der Waals surface area contributed by atoms with Crippen LogP contribution in [-0.4, -0.2) is 91.9 Å². The summed E-state index contributed by atoms with van der Waals surface area (Å²) in [7, 11) is 0. The Bertz CT molecular complexity index is 1610. The molecule has 5 heterocycles. The lowest BCUT2D eigenvalue weighted by atomic mass is 9.86. The van der Waals surface area contributed by atoms with Gasteiger partial charge in [0, 0.05) is 61.5 Å². The molecule has 3 aliphatic rings. The number of fused-ring (bicyclic) bond motifs is 3. The monoisotopic (exact) mass is 608 g/mol. The van der Waals surface area contributed by atoms with Crippen LogP contribution in [0.2, 0.25) is 0 Å². The number of pyridine rings is 1. The summed E-state index contributed by atoms with van der Waals surface area (Å²) in [6.07, 6.45) is 5.65. The zero-order valence-corrected chi connectivity index (χ0v) is 23.8. The van der Waals surface area contributed by atoms with Gasteiger partial charge in [-0.05, 0) is 47.3 Å². The Labute approximate surface area is 239 Å². The molecule has 208 valence electrons. The molecular weight excluding hydrogens is 579 g/mol. The summed E-state index contributed by atoms with van der Waals surface area (Å²) < 4.78 is 22.7. The van der Waals surface area contributed by atoms with Gasteiger partial charge >= 0.3 is 0 Å². The molecule has 2 aliphatic heterocycles. The Hall–Kier alpha value is -3.22. The van der Waals surface area contributed by atoms with E-state index in [-0.39, 0.29) is 11.9 Å². The van der Waals surface area contributed by atoms with Gasteiger partial charge in [0.1, 0.15) is 10.1 Å². The van der Waals surface area contributed by atoms with Gasteiger partial charge in [0.25, 0.3) is 0 Å². The van der Waals surface area contributed by atoms with Crippen molar-refractivity contribution in [1.29, 1.82) is 0 Å². The minimum atomic E-state index is -0.430. The van der Waals surface area contributed by atoms with Crippen molar-refractivity contribution in [2.45, 2.75) is 38.3 Å². The predicted octanol–water partition coefficient (Wildman–Crippen LogP) is 3.78. The van der Waals surface area contributed by atoms with E-state index in [0.717, 1.165) is 51.0 Å². The number of halogens is 2. The molecule has 1 aliphatic carbocycles. The summed E-state index contributed by atoms with van der Waals surface area (Å²) in [6, 6.07) is 7.20. The molecule has 12 heteroatoms. The van der Waals surface area contributed by atoms with Crippen molar-refractivity contribution >= 4 is 49.7 Å². The number of morpholine rings is 1. The molecule has 1 unspecified atom stereocenters. The molecule has 3 aromatic heterocycles. The van der Waals surface area contributed by atoms with E-state index >= 15 is 0 Å². The van der Waals surface area contributed by atoms with Crippen LogP contribution in [0.5, 0.6) is 0 Å². The van der Waals surface area contributed by atoms with Crippen LogP contribution in [0.1, 0.15) is 26.2 Å². The summed E-state index contributed by atoms with van der Waals surface area (Å²) >= 11 is 3.49. The quantitative estimate of drug-likeness (QED) is 0.373. The minimum absolute atomic E-state index is 0.0645. The van der Waals surface area contributed by atoms with Gasteiger partial charge in [-0.2, -0.15) is 10.1 Å². The first-order valence-corrected chi connectivity index (χ1v) is 14.5. The van der Waals surface area contributed by atoms with Crippen LogP contribution in [0.3, 0.4) is 0 Å². The standard InChI is InChI=1S/C28H30BrFN8O2/c1-28(26(39)37-8-7-36-9-10-40-16-20(36)15-37)5-4-18(13-28)33-27-32-14-21-24(29)35-38(25(21)34-27)19-11-17-3-2-6-31-23(17)22(30)12-19/h2-3,6,11-12,14,18,20H,4-5,7-10,13,15-16H2,1H3,(H,32,33,34)/t18-,20+,28?/m1/s1. The minimum Gasteiger partial charge on any atom is -0.378 e. The first-order valence-electron chi connectivity index (χ1n) is 13.7. The fraction of sp³-hybridized carbons (Fsp3) is 0.464. The number of carbonyl (C=O) groups is 1. The third kappa shape index (κ3) is 4.51. The fourth-order valence-corrected chi connectivity index (χ4v) is 6.87. The summed E-state index contributed by atoms with van der Waals surface area (Å²) in [6.45, 7) is 6.91. The molecule has 1 aromatic carbocycles. The van der Waals surface area contributed by atoms with Crippen LogP contribution in [0.15, 0.2) is 41.3 Å². The van der Waals surface area contributed by atoms with Gasteiger partial charge in [-0.1, -0.05) is 13.0 Å². The zero-order valence-electron chi connectivity index (χ0n) is 22.2. The van der Waals surface area contributed by atoms with E-state index in [1.807, 2.05) is 17.0 Å². The lowest BCUT2D eigenvalue weighted by Gasteiger charge is -2.45. The second-order valence-electron chi connectivity index (χ2n) is 11.3. The molecule has 10 nitrogen and oxygen atoms in total. The highest BCUT2D eigenvalue weighted by Crippen LogP contribution is 2.41. The molecular formula is C28H30BrFN8O2. The number of benzene rings is 1. The van der Waals surface area contributed by atoms with Crippen LogP contribution >= 0.6 is 15.9 Å². The van der Waals surface area contributed by atoms with E-state index < -0.39 is 11.2 Å². The van der Waals surface area contributed by atoms with E-state index in [2.05, 4.69) is 48.1 Å². The molecule has 0 radical (unpaired) electrons. The van der Waals surface area contributed by atoms with Crippen LogP contribution in [0, 0.1) is 11.2 Å². The van der Waals surface area contributed by atoms with Crippen LogP contribution in [-0.2, 0) is 9.53 Å². The lowest BCUT2D eigenvalue weighted by Crippen LogP contribution is -2.60. The van der Waals surface area contributed by atoms with Crippen molar-refractivity contribution < 1.29 is 13.9 Å². The summed E-state index contributed by atoms with van der Waals surface area (Å²) in [5.74, 6) is 0.263. The highest BCUT2D eigenvalue weighted by molar-refractivity contribution is 9.10. The number of nitrogens with one attached hydrogen (secondary N) is 1. The molecule has 7 rings (SSSR count). The van der Waals surface area contributed by atoms with Crippen LogP contribution < -0.4 is 5.32 Å². The molecule has 3 fully saturated rings. The highest BCUT2D eigenvalue weighted by Gasteiger charge is 2.45. The fourth-order valence-electron chi connectivity index (χ4n) is 6.43. The maximum Gasteiger partial charge on any atom is 0.228 e. The van der Waals surface area contributed by atoms with Gasteiger partial charge in [0.2, 0.25) is 11.9 Å². The Balaban J connectivity index is 1.10. The largest absolute Gasteiger partial charge is 0.378 e. The number of anilines is 1. The van der Waals surface area contributed by atoms with Gasteiger partial charge in [-0.15, -0.1) is 0 Å². The number of aromatic nitrogens is 5. The first kappa shape index (κ1) is 25.7. The molecule has 1 amide bonds. The molecule has 4 aromatic rings. The van der Waals surface area contributed by atoms with Crippen LogP contribution in [0.4, 0.5) is 10.3 Å². The van der Waals surface area contributed by atoms with Crippen LogP contribution in [0.25, 0.3) is 27.6 Å². The molecule has 0 spiro atoms. The molecule has 2 saturated heterocycles. The average molecular weight is 610 g/mol. The SMILES string of the molecule is CC1(C(=O)N2CCN3CCOC[C@@H]3C2)CC[C@@H](Nc2ncc3c(Br)nn(-c4cc(F)c5ncccc5c4)c3n2)C1. The molecule has 40 heavy (non-hydrogen) atoms. The van der Waals surface area contributed by atoms with Gasteiger partial charge in [0.05, 0.1) is 30.3 Å². The van der Waals surface area contributed by atoms with E-state index in [1.165, 1.54) is 6.07 Å². The van der Waals surface area contributed by atoms with Crippen molar-refractivity contribution in [3.8, 4) is 5.69 Å². The Kier molecular flexibility index (Phi) is 6.43. The molecule has 0 bridgehead atoms. The van der Waals surface area contributed by atoms with E-state index in [0.29, 0.717) is 51.9 Å². The maximum atomic E-state index is 14.8. The van der Waals surface area contributed by atoms with Crippen molar-refractivity contribution in [1.82, 2.24) is 34.5 Å². The molecule has 1 saturated carbocycles. The Morgan fingerprint density at radius 3 is 3.05 bits per heavy atom. The normalized spacial score (nSPS) is 25.4. The molecule has 3 atom stereocenters. The number of rotatable bonds is 4. The number of amides is 1. The number of ether oxygens (including phenoxy) is 1. The maximum absolute atomic E-state index is 14.8. The van der Waals surface area contributed by atoms with Gasteiger partial charge in [-0.3, -0.25) is 14.7 Å². The number of piperazine rings is 1. The van der Waals surface area contributed by atoms with Gasteiger partial charge < -0.3 is 15.0 Å². The predicted molar refractivity (Wildman–Crippen MR) is 152 cm³/mol. The molecule has 1 N–H and O–H groups in total. The van der Waals surface area contributed by atoms with Gasteiger partial charge in [-0.25, -0.2) is 14.1 Å². The van der Waals surface area contributed by atoms with E-state index in [4.69, 9.17) is 9.72 Å². The first-order chi connectivity index (χ1) is 19.4. The van der Waals surface area contributed by atoms with Crippen molar-refractivity contribution in [2.75, 3.05) is 44.7 Å². The lowest BCUT2D eigenvalue weighted by molar-refractivity contribution is -0.146. The van der Waals surface area contributed by atoms with E-state index in [1.54, 1.807) is 23.1 Å². The summed E-state index contributed by atoms with van der Waals surface area (Å²) in [4.78, 5) is 31.6. The topological polar surface area (TPSA) is 101 Å². The number of carbonyl (C=O) groups excluding carboxylic acids is 1. The smallest absolute Gasteiger partial charge is 0.228 e. The Morgan fingerprint density at radius 1 is 1.25 bits per heavy atom. The van der Waals surface area contributed by atoms with E-state index in [9.17, 15) is 9.18 Å². The summed E-state index contributed by atoms with van der Waals surface area (Å²) in [5.41, 5.74) is 0.977. The Morgan fingerprint density at radius 2 is 2.15 bits per heavy atom. The number of nitrogens with zero attached hydrogens (tertiary/aromatic N) is 7. The highest BCUT2D eigenvalue weighted by atomic mass is 79.9. The average Bonchev–Trinajstić information content (AvgIpc) is 3.52. The zero-order chi connectivity index (χ0) is 27.4. The van der Waals surface area contributed by atoms with Crippen molar-refractivity contribution in [3.05, 3.63) is 47.1 Å². The summed E-state index contributed by atoms with van der Waals surface area (Å²) in [5, 5.41) is 9.41. The third-order valence-electron chi connectivity index (χ3n) is 8.58. The van der Waals surface area contributed by atoms with Gasteiger partial charge in [0.15, 0.2) is 11.5 Å². The second-order valence-corrected chi connectivity index (χ2v) is 12.0. The second kappa shape index (κ2) is 10.0.